The second kappa shape index (κ2) is 11.7. The third-order valence-electron chi connectivity index (χ3n) is 4.83. The van der Waals surface area contributed by atoms with Crippen molar-refractivity contribution < 1.29 is 19.1 Å². The Morgan fingerprint density at radius 1 is 0.857 bits per heavy atom. The lowest BCUT2D eigenvalue weighted by Gasteiger charge is -2.08. The molecule has 0 atom stereocenters. The molecule has 0 unspecified atom stereocenters. The van der Waals surface area contributed by atoms with Crippen LogP contribution in [-0.4, -0.2) is 35.8 Å². The molecule has 3 aromatic carbocycles. The van der Waals surface area contributed by atoms with E-state index in [0.717, 1.165) is 26.1 Å². The van der Waals surface area contributed by atoms with E-state index in [1.54, 1.807) is 36.4 Å². The fourth-order valence-corrected chi connectivity index (χ4v) is 5.13. The van der Waals surface area contributed by atoms with E-state index in [1.165, 1.54) is 23.1 Å². The minimum Gasteiger partial charge on any atom is -0.494 e. The van der Waals surface area contributed by atoms with Crippen LogP contribution in [0.2, 0.25) is 0 Å². The summed E-state index contributed by atoms with van der Waals surface area (Å²) in [5.74, 6) is 1.43. The van der Waals surface area contributed by atoms with Crippen molar-refractivity contribution in [1.82, 2.24) is 4.98 Å². The van der Waals surface area contributed by atoms with Gasteiger partial charge < -0.3 is 20.1 Å². The highest BCUT2D eigenvalue weighted by molar-refractivity contribution is 8.01. The van der Waals surface area contributed by atoms with Gasteiger partial charge >= 0.3 is 0 Å². The summed E-state index contributed by atoms with van der Waals surface area (Å²) in [6.07, 6.45) is 0. The number of hydrogen-bond acceptors (Lipinski definition) is 7. The Bertz CT molecular complexity index is 1300. The Hall–Kier alpha value is -3.56. The molecule has 0 radical (unpaired) electrons. The number of rotatable bonds is 10. The number of thiazole rings is 1. The molecular formula is C26H25N3O4S2. The Labute approximate surface area is 211 Å². The maximum Gasteiger partial charge on any atom is 0.255 e. The standard InChI is InChI=1S/C26H25N3O4S2/c1-3-32-20-11-9-19(10-12-20)28-25(31)17-5-7-18(8-6-17)27-24(30)16-34-26-29-22-14-13-21(33-4-2)15-23(22)35-26/h5-15H,3-4,16H2,1-2H3,(H,27,30)(H,28,31). The van der Waals surface area contributed by atoms with E-state index in [4.69, 9.17) is 9.47 Å². The average molecular weight is 508 g/mol. The number of aromatic nitrogens is 1. The van der Waals surface area contributed by atoms with Crippen molar-refractivity contribution in [2.75, 3.05) is 29.6 Å². The monoisotopic (exact) mass is 507 g/mol. The van der Waals surface area contributed by atoms with Crippen molar-refractivity contribution in [2.24, 2.45) is 0 Å². The van der Waals surface area contributed by atoms with E-state index in [1.807, 2.05) is 44.2 Å². The molecule has 0 spiro atoms. The van der Waals surface area contributed by atoms with Gasteiger partial charge in [-0.25, -0.2) is 4.98 Å². The van der Waals surface area contributed by atoms with E-state index in [-0.39, 0.29) is 17.6 Å². The minimum absolute atomic E-state index is 0.143. The number of benzene rings is 3. The summed E-state index contributed by atoms with van der Waals surface area (Å²) in [5.41, 5.74) is 2.68. The van der Waals surface area contributed by atoms with Gasteiger partial charge in [-0.3, -0.25) is 9.59 Å². The van der Waals surface area contributed by atoms with E-state index in [2.05, 4.69) is 15.6 Å². The van der Waals surface area contributed by atoms with Gasteiger partial charge in [0.2, 0.25) is 5.91 Å². The normalized spacial score (nSPS) is 10.7. The maximum atomic E-state index is 12.5. The zero-order valence-corrected chi connectivity index (χ0v) is 21.0. The SMILES string of the molecule is CCOc1ccc(NC(=O)c2ccc(NC(=O)CSc3nc4ccc(OCC)cc4s3)cc2)cc1. The van der Waals surface area contributed by atoms with Gasteiger partial charge in [0.25, 0.3) is 5.91 Å². The third kappa shape index (κ3) is 6.74. The molecule has 0 aliphatic heterocycles. The smallest absolute Gasteiger partial charge is 0.255 e. The molecule has 180 valence electrons. The van der Waals surface area contributed by atoms with Gasteiger partial charge in [-0.15, -0.1) is 11.3 Å². The first-order valence-electron chi connectivity index (χ1n) is 11.1. The van der Waals surface area contributed by atoms with E-state index < -0.39 is 0 Å². The highest BCUT2D eigenvalue weighted by Crippen LogP contribution is 2.32. The summed E-state index contributed by atoms with van der Waals surface area (Å²) in [6.45, 7) is 5.07. The number of carbonyl (C=O) groups excluding carboxylic acids is 2. The molecule has 0 fully saturated rings. The summed E-state index contributed by atoms with van der Waals surface area (Å²) in [6, 6.07) is 19.8. The maximum absolute atomic E-state index is 12.5. The van der Waals surface area contributed by atoms with E-state index in [9.17, 15) is 9.59 Å². The van der Waals surface area contributed by atoms with E-state index >= 15 is 0 Å². The van der Waals surface area contributed by atoms with Crippen LogP contribution in [0, 0.1) is 0 Å². The number of hydrogen-bond donors (Lipinski definition) is 2. The summed E-state index contributed by atoms with van der Waals surface area (Å²) in [5, 5.41) is 5.71. The van der Waals surface area contributed by atoms with Crippen LogP contribution in [0.15, 0.2) is 71.1 Å². The van der Waals surface area contributed by atoms with Crippen molar-refractivity contribution in [3.05, 3.63) is 72.3 Å². The van der Waals surface area contributed by atoms with Gasteiger partial charge in [0, 0.05) is 16.9 Å². The topological polar surface area (TPSA) is 89.6 Å². The fourth-order valence-electron chi connectivity index (χ4n) is 3.24. The zero-order chi connectivity index (χ0) is 24.6. The van der Waals surface area contributed by atoms with E-state index in [0.29, 0.717) is 30.2 Å². The number of carbonyl (C=O) groups is 2. The molecule has 0 bridgehead atoms. The number of nitrogens with one attached hydrogen (secondary N) is 2. The van der Waals surface area contributed by atoms with Crippen LogP contribution >= 0.6 is 23.1 Å². The first-order valence-corrected chi connectivity index (χ1v) is 12.9. The van der Waals surface area contributed by atoms with Crippen molar-refractivity contribution in [3.63, 3.8) is 0 Å². The van der Waals surface area contributed by atoms with Crippen LogP contribution in [0.4, 0.5) is 11.4 Å². The Balaban J connectivity index is 1.28. The molecule has 1 heterocycles. The minimum atomic E-state index is -0.231. The Morgan fingerprint density at radius 2 is 1.49 bits per heavy atom. The van der Waals surface area contributed by atoms with Crippen molar-refractivity contribution in [3.8, 4) is 11.5 Å². The van der Waals surface area contributed by atoms with Gasteiger partial charge in [0.1, 0.15) is 11.5 Å². The van der Waals surface area contributed by atoms with Gasteiger partial charge in [-0.1, -0.05) is 11.8 Å². The summed E-state index contributed by atoms with van der Waals surface area (Å²) in [4.78, 5) is 29.5. The molecule has 4 aromatic rings. The highest BCUT2D eigenvalue weighted by Gasteiger charge is 2.11. The quantitative estimate of drug-likeness (QED) is 0.253. The number of ether oxygens (including phenoxy) is 2. The fraction of sp³-hybridized carbons (Fsp3) is 0.192. The molecule has 7 nitrogen and oxygen atoms in total. The van der Waals surface area contributed by atoms with Crippen LogP contribution in [0.1, 0.15) is 24.2 Å². The Morgan fingerprint density at radius 3 is 2.20 bits per heavy atom. The first kappa shape index (κ1) is 24.6. The molecule has 35 heavy (non-hydrogen) atoms. The van der Waals surface area contributed by atoms with Crippen LogP contribution in [0.3, 0.4) is 0 Å². The molecule has 1 aromatic heterocycles. The average Bonchev–Trinajstić information content (AvgIpc) is 3.27. The molecule has 4 rings (SSSR count). The van der Waals surface area contributed by atoms with Crippen molar-refractivity contribution >= 4 is 56.5 Å². The molecule has 0 saturated heterocycles. The van der Waals surface area contributed by atoms with Crippen LogP contribution in [-0.2, 0) is 4.79 Å². The summed E-state index contributed by atoms with van der Waals surface area (Å²) < 4.78 is 12.8. The number of anilines is 2. The third-order valence-corrected chi connectivity index (χ3v) is 6.99. The number of thioether (sulfide) groups is 1. The molecule has 9 heteroatoms. The van der Waals surface area contributed by atoms with Crippen LogP contribution in [0.5, 0.6) is 11.5 Å². The largest absolute Gasteiger partial charge is 0.494 e. The predicted molar refractivity (Wildman–Crippen MR) is 142 cm³/mol. The van der Waals surface area contributed by atoms with Gasteiger partial charge in [-0.05, 0) is 80.6 Å². The molecule has 0 saturated carbocycles. The molecule has 0 aliphatic rings. The van der Waals surface area contributed by atoms with Crippen molar-refractivity contribution in [1.29, 1.82) is 0 Å². The second-order valence-corrected chi connectivity index (χ2v) is 9.62. The van der Waals surface area contributed by atoms with Crippen LogP contribution < -0.4 is 20.1 Å². The molecule has 2 amide bonds. The Kier molecular flexibility index (Phi) is 8.23. The number of nitrogens with zero attached hydrogens (tertiary/aromatic N) is 1. The number of fused-ring (bicyclic) bond motifs is 1. The van der Waals surface area contributed by atoms with Gasteiger partial charge in [-0.2, -0.15) is 0 Å². The van der Waals surface area contributed by atoms with Crippen LogP contribution in [0.25, 0.3) is 10.2 Å². The van der Waals surface area contributed by atoms with Crippen molar-refractivity contribution in [2.45, 2.75) is 18.2 Å². The van der Waals surface area contributed by atoms with Gasteiger partial charge in [0.05, 0.1) is 29.2 Å². The lowest BCUT2D eigenvalue weighted by Crippen LogP contribution is -2.15. The summed E-state index contributed by atoms with van der Waals surface area (Å²) >= 11 is 2.92. The zero-order valence-electron chi connectivity index (χ0n) is 19.4. The number of amides is 2. The second-order valence-electron chi connectivity index (χ2n) is 7.37. The first-order chi connectivity index (χ1) is 17.0. The van der Waals surface area contributed by atoms with Gasteiger partial charge in [0.15, 0.2) is 4.34 Å². The predicted octanol–water partition coefficient (Wildman–Crippen LogP) is 6.08. The molecule has 2 N–H and O–H groups in total. The highest BCUT2D eigenvalue weighted by atomic mass is 32.2. The lowest BCUT2D eigenvalue weighted by molar-refractivity contribution is -0.113. The lowest BCUT2D eigenvalue weighted by atomic mass is 10.2. The molecular weight excluding hydrogens is 482 g/mol. The summed E-state index contributed by atoms with van der Waals surface area (Å²) in [7, 11) is 0. The molecule has 0 aliphatic carbocycles.